The molecule has 0 aromatic heterocycles. The van der Waals surface area contributed by atoms with Gasteiger partial charge in [0.1, 0.15) is 5.70 Å². The first-order valence-corrected chi connectivity index (χ1v) is 9.58. The number of benzene rings is 2. The van der Waals surface area contributed by atoms with E-state index in [1.165, 1.54) is 18.9 Å². The number of nitrogens with one attached hydrogen (secondary N) is 1. The summed E-state index contributed by atoms with van der Waals surface area (Å²) in [5.74, 6) is 0.751. The van der Waals surface area contributed by atoms with E-state index < -0.39 is 6.17 Å². The number of amidine groups is 1. The summed E-state index contributed by atoms with van der Waals surface area (Å²) in [5, 5.41) is 20.9. The molecular weight excluding hydrogens is 376 g/mol. The van der Waals surface area contributed by atoms with Gasteiger partial charge in [-0.3, -0.25) is 15.1 Å². The van der Waals surface area contributed by atoms with Gasteiger partial charge in [0.25, 0.3) is 5.91 Å². The standard InChI is InChI=1S/C20H18N4O3S/c1-3-10-28-20-22-19(26)17-13-6-4-5-7-14(13)21-18(24(17)23-20)12-8-9-15(25)16(11-12)27-2/h3-9,11,18,25H,1,10H2,2H3,(H,22,23,26). The molecule has 142 valence electrons. The van der Waals surface area contributed by atoms with E-state index in [2.05, 4.69) is 17.0 Å². The van der Waals surface area contributed by atoms with Crippen LogP contribution in [0.15, 0.2) is 65.2 Å². The van der Waals surface area contributed by atoms with Gasteiger partial charge in [-0.05, 0) is 18.2 Å². The summed E-state index contributed by atoms with van der Waals surface area (Å²) in [5.41, 5.74) is 1.18. The summed E-state index contributed by atoms with van der Waals surface area (Å²) in [6.07, 6.45) is 1.18. The molecule has 4 rings (SSSR count). The number of amides is 1. The van der Waals surface area contributed by atoms with Crippen LogP contribution in [-0.2, 0) is 4.79 Å². The highest BCUT2D eigenvalue weighted by atomic mass is 32.2. The molecule has 0 bridgehead atoms. The number of hydrogen-bond donors (Lipinski definition) is 2. The third kappa shape index (κ3) is 3.11. The Bertz CT molecular complexity index is 1110. The van der Waals surface area contributed by atoms with Crippen molar-refractivity contribution < 1.29 is 14.6 Å². The fourth-order valence-corrected chi connectivity index (χ4v) is 3.69. The average Bonchev–Trinajstić information content (AvgIpc) is 2.71. The molecule has 2 aliphatic heterocycles. The van der Waals surface area contributed by atoms with Gasteiger partial charge in [0.05, 0.1) is 12.5 Å². The number of phenolic OH excluding ortho intramolecular Hbond substituents is 1. The van der Waals surface area contributed by atoms with Gasteiger partial charge in [-0.15, -0.1) is 11.7 Å². The molecule has 2 aromatic carbocycles. The molecule has 0 fully saturated rings. The minimum atomic E-state index is -0.565. The van der Waals surface area contributed by atoms with Crippen LogP contribution >= 0.6 is 11.8 Å². The molecule has 1 amide bonds. The van der Waals surface area contributed by atoms with Gasteiger partial charge < -0.3 is 9.84 Å². The minimum absolute atomic E-state index is 0.0359. The first-order valence-electron chi connectivity index (χ1n) is 8.59. The van der Waals surface area contributed by atoms with Gasteiger partial charge in [0, 0.05) is 16.5 Å². The molecule has 2 aliphatic rings. The maximum Gasteiger partial charge on any atom is 0.276 e. The summed E-state index contributed by atoms with van der Waals surface area (Å²) in [4.78, 5) is 17.7. The molecule has 0 aliphatic carbocycles. The monoisotopic (exact) mass is 394 g/mol. The fraction of sp³-hybridized carbons (Fsp3) is 0.150. The van der Waals surface area contributed by atoms with Gasteiger partial charge >= 0.3 is 0 Å². The number of thioether (sulfide) groups is 1. The highest BCUT2D eigenvalue weighted by molar-refractivity contribution is 8.14. The van der Waals surface area contributed by atoms with Crippen LogP contribution in [0, 0.1) is 0 Å². The number of carbonyl (C=O) groups is 1. The fourth-order valence-electron chi connectivity index (χ4n) is 3.10. The highest BCUT2D eigenvalue weighted by Crippen LogP contribution is 2.35. The smallest absolute Gasteiger partial charge is 0.276 e. The van der Waals surface area contributed by atoms with E-state index in [0.29, 0.717) is 27.7 Å². The van der Waals surface area contributed by atoms with Crippen LogP contribution in [-0.4, -0.2) is 34.1 Å². The van der Waals surface area contributed by atoms with E-state index in [1.807, 2.05) is 24.3 Å². The lowest BCUT2D eigenvalue weighted by Crippen LogP contribution is -2.50. The quantitative estimate of drug-likeness (QED) is 0.767. The number of methoxy groups -OCH3 is 1. The van der Waals surface area contributed by atoms with Crippen molar-refractivity contribution in [1.82, 2.24) is 10.3 Å². The number of nitrogens with zero attached hydrogens (tertiary/aromatic N) is 3. The molecule has 7 nitrogen and oxygen atoms in total. The molecular formula is C20H18N4O3S. The number of rotatable bonds is 4. The number of phenols is 1. The topological polar surface area (TPSA) is 86.5 Å². The predicted octanol–water partition coefficient (Wildman–Crippen LogP) is 1.46. The summed E-state index contributed by atoms with van der Waals surface area (Å²) < 4.78 is 5.23. The third-order valence-corrected chi connectivity index (χ3v) is 5.21. The van der Waals surface area contributed by atoms with Crippen molar-refractivity contribution >= 4 is 28.5 Å². The van der Waals surface area contributed by atoms with Crippen LogP contribution in [0.4, 0.5) is 0 Å². The number of ether oxygens (including phenoxy) is 1. The van der Waals surface area contributed by atoms with Crippen molar-refractivity contribution in [1.29, 1.82) is 0 Å². The summed E-state index contributed by atoms with van der Waals surface area (Å²) in [6, 6.07) is 12.5. The second-order valence-electron chi connectivity index (χ2n) is 6.10. The zero-order valence-corrected chi connectivity index (χ0v) is 15.9. The van der Waals surface area contributed by atoms with E-state index in [4.69, 9.17) is 9.73 Å². The maximum absolute atomic E-state index is 12.9. The van der Waals surface area contributed by atoms with Gasteiger partial charge in [-0.2, -0.15) is 0 Å². The molecule has 1 atom stereocenters. The molecule has 2 N–H and O–H groups in total. The summed E-state index contributed by atoms with van der Waals surface area (Å²) in [7, 11) is 1.49. The SMILES string of the molecule is C=CCSC1=NN2C(=c3ccccc3=NC2c2ccc(O)c(OC)c2)C(=O)N1. The number of hydrogen-bond acceptors (Lipinski definition) is 7. The number of hydrazone groups is 1. The summed E-state index contributed by atoms with van der Waals surface area (Å²) >= 11 is 1.38. The zero-order chi connectivity index (χ0) is 19.7. The number of carbonyl (C=O) groups excluding carboxylic acids is 1. The number of aromatic hydroxyl groups is 1. The Labute approximate surface area is 165 Å². The van der Waals surface area contributed by atoms with E-state index in [-0.39, 0.29) is 11.7 Å². The normalized spacial score (nSPS) is 17.7. The molecule has 1 unspecified atom stereocenters. The maximum atomic E-state index is 12.9. The molecule has 0 saturated carbocycles. The Hall–Kier alpha value is -3.26. The first-order chi connectivity index (χ1) is 13.6. The van der Waals surface area contributed by atoms with Gasteiger partial charge in [0.15, 0.2) is 22.8 Å². The second kappa shape index (κ2) is 7.40. The molecule has 0 saturated heterocycles. The van der Waals surface area contributed by atoms with Crippen LogP contribution in [0.1, 0.15) is 11.7 Å². The molecule has 28 heavy (non-hydrogen) atoms. The van der Waals surface area contributed by atoms with E-state index >= 15 is 0 Å². The van der Waals surface area contributed by atoms with Crippen molar-refractivity contribution in [2.75, 3.05) is 12.9 Å². The Morgan fingerprint density at radius 1 is 1.36 bits per heavy atom. The molecule has 2 heterocycles. The molecule has 2 aromatic rings. The van der Waals surface area contributed by atoms with Crippen molar-refractivity contribution in [2.45, 2.75) is 6.17 Å². The third-order valence-electron chi connectivity index (χ3n) is 4.36. The van der Waals surface area contributed by atoms with Crippen molar-refractivity contribution in [3.63, 3.8) is 0 Å². The predicted molar refractivity (Wildman–Crippen MR) is 108 cm³/mol. The van der Waals surface area contributed by atoms with Gasteiger partial charge in [-0.1, -0.05) is 42.1 Å². The number of para-hydroxylation sites is 1. The van der Waals surface area contributed by atoms with Crippen LogP contribution in [0.5, 0.6) is 11.5 Å². The van der Waals surface area contributed by atoms with Crippen LogP contribution in [0.3, 0.4) is 0 Å². The Morgan fingerprint density at radius 2 is 2.18 bits per heavy atom. The molecule has 8 heteroatoms. The van der Waals surface area contributed by atoms with E-state index in [0.717, 1.165) is 10.8 Å². The van der Waals surface area contributed by atoms with Gasteiger partial charge in [0.2, 0.25) is 0 Å². The molecule has 0 radical (unpaired) electrons. The lowest BCUT2D eigenvalue weighted by Gasteiger charge is -2.34. The van der Waals surface area contributed by atoms with E-state index in [9.17, 15) is 9.90 Å². The van der Waals surface area contributed by atoms with Gasteiger partial charge in [-0.25, -0.2) is 5.01 Å². The Balaban J connectivity index is 1.90. The highest BCUT2D eigenvalue weighted by Gasteiger charge is 2.34. The van der Waals surface area contributed by atoms with E-state index in [1.54, 1.807) is 29.3 Å². The lowest BCUT2D eigenvalue weighted by atomic mass is 10.1. The van der Waals surface area contributed by atoms with Crippen LogP contribution in [0.2, 0.25) is 0 Å². The summed E-state index contributed by atoms with van der Waals surface area (Å²) in [6.45, 7) is 3.70. The zero-order valence-electron chi connectivity index (χ0n) is 15.1. The molecule has 0 spiro atoms. The average molecular weight is 394 g/mol. The van der Waals surface area contributed by atoms with Crippen molar-refractivity contribution in [2.24, 2.45) is 10.1 Å². The first kappa shape index (κ1) is 18.1. The van der Waals surface area contributed by atoms with Crippen LogP contribution < -0.4 is 20.6 Å². The number of fused-ring (bicyclic) bond motifs is 2. The minimum Gasteiger partial charge on any atom is -0.504 e. The largest absolute Gasteiger partial charge is 0.504 e. The Kier molecular flexibility index (Phi) is 4.79. The second-order valence-corrected chi connectivity index (χ2v) is 7.11. The Morgan fingerprint density at radius 3 is 2.96 bits per heavy atom. The van der Waals surface area contributed by atoms with Crippen LogP contribution in [0.25, 0.3) is 5.70 Å². The lowest BCUT2D eigenvalue weighted by molar-refractivity contribution is -0.116. The van der Waals surface area contributed by atoms with Crippen molar-refractivity contribution in [3.05, 3.63) is 71.3 Å². The van der Waals surface area contributed by atoms with Crippen molar-refractivity contribution in [3.8, 4) is 11.5 Å².